The second-order valence-electron chi connectivity index (χ2n) is 5.92. The van der Waals surface area contributed by atoms with Crippen molar-refractivity contribution in [2.75, 3.05) is 37.6 Å². The van der Waals surface area contributed by atoms with E-state index in [9.17, 15) is 9.59 Å². The van der Waals surface area contributed by atoms with E-state index in [1.165, 1.54) is 0 Å². The number of amides is 3. The summed E-state index contributed by atoms with van der Waals surface area (Å²) < 4.78 is 0. The average Bonchev–Trinajstić information content (AvgIpc) is 2.72. The third-order valence-corrected chi connectivity index (χ3v) is 4.13. The molecule has 2 aromatic rings. The van der Waals surface area contributed by atoms with Crippen LogP contribution in [-0.2, 0) is 11.3 Å². The van der Waals surface area contributed by atoms with Crippen LogP contribution in [-0.4, -0.2) is 59.5 Å². The predicted octanol–water partition coefficient (Wildman–Crippen LogP) is 0.625. The predicted molar refractivity (Wildman–Crippen MR) is 97.5 cm³/mol. The minimum absolute atomic E-state index is 0.0495. The maximum Gasteiger partial charge on any atom is 0.317 e. The Bertz CT molecular complexity index is 717. The lowest BCUT2D eigenvalue weighted by atomic mass is 10.3. The molecular weight excluding hydrogens is 332 g/mol. The second kappa shape index (κ2) is 8.80. The summed E-state index contributed by atoms with van der Waals surface area (Å²) in [7, 11) is 0. The van der Waals surface area contributed by atoms with Crippen LogP contribution in [0.15, 0.2) is 48.8 Å². The number of hydrogen-bond donors (Lipinski definition) is 2. The van der Waals surface area contributed by atoms with Crippen molar-refractivity contribution < 1.29 is 9.59 Å². The van der Waals surface area contributed by atoms with Crippen molar-refractivity contribution in [2.24, 2.45) is 0 Å². The zero-order chi connectivity index (χ0) is 18.2. The van der Waals surface area contributed by atoms with Gasteiger partial charge in [-0.3, -0.25) is 9.78 Å². The maximum absolute atomic E-state index is 12.2. The summed E-state index contributed by atoms with van der Waals surface area (Å²) >= 11 is 0. The molecule has 2 N–H and O–H groups in total. The summed E-state index contributed by atoms with van der Waals surface area (Å²) in [5.74, 6) is 0.678. The zero-order valence-electron chi connectivity index (χ0n) is 14.5. The fourth-order valence-corrected chi connectivity index (χ4v) is 2.70. The molecule has 26 heavy (non-hydrogen) atoms. The van der Waals surface area contributed by atoms with Crippen molar-refractivity contribution in [3.63, 3.8) is 0 Å². The normalized spacial score (nSPS) is 14.0. The van der Waals surface area contributed by atoms with E-state index in [0.29, 0.717) is 19.6 Å². The number of aromatic nitrogens is 2. The first-order valence-corrected chi connectivity index (χ1v) is 8.58. The lowest BCUT2D eigenvalue weighted by molar-refractivity contribution is -0.120. The van der Waals surface area contributed by atoms with Gasteiger partial charge in [0.15, 0.2) is 0 Å². The number of anilines is 1. The fourth-order valence-electron chi connectivity index (χ4n) is 2.70. The Morgan fingerprint density at radius 2 is 1.65 bits per heavy atom. The molecular formula is C18H22N6O2. The first-order valence-electron chi connectivity index (χ1n) is 8.58. The molecule has 1 fully saturated rings. The van der Waals surface area contributed by atoms with Gasteiger partial charge >= 0.3 is 6.03 Å². The van der Waals surface area contributed by atoms with Crippen LogP contribution in [0.3, 0.4) is 0 Å². The Morgan fingerprint density at radius 3 is 2.31 bits per heavy atom. The molecule has 0 spiro atoms. The van der Waals surface area contributed by atoms with Crippen LogP contribution < -0.4 is 15.5 Å². The van der Waals surface area contributed by atoms with Gasteiger partial charge in [0.2, 0.25) is 5.91 Å². The molecule has 0 aliphatic carbocycles. The van der Waals surface area contributed by atoms with Gasteiger partial charge in [0, 0.05) is 38.6 Å². The molecule has 1 aliphatic rings. The van der Waals surface area contributed by atoms with E-state index in [4.69, 9.17) is 0 Å². The van der Waals surface area contributed by atoms with Crippen LogP contribution in [0.1, 0.15) is 5.69 Å². The molecule has 0 saturated carbocycles. The molecule has 0 bridgehead atoms. The number of urea groups is 1. The summed E-state index contributed by atoms with van der Waals surface area (Å²) in [5, 5.41) is 5.40. The molecule has 0 radical (unpaired) electrons. The van der Waals surface area contributed by atoms with Crippen molar-refractivity contribution in [3.8, 4) is 0 Å². The first-order chi connectivity index (χ1) is 12.7. The number of rotatable bonds is 5. The highest BCUT2D eigenvalue weighted by Gasteiger charge is 2.21. The Morgan fingerprint density at radius 1 is 0.923 bits per heavy atom. The highest BCUT2D eigenvalue weighted by Crippen LogP contribution is 2.12. The largest absolute Gasteiger partial charge is 0.353 e. The van der Waals surface area contributed by atoms with E-state index in [0.717, 1.165) is 24.6 Å². The van der Waals surface area contributed by atoms with Crippen molar-refractivity contribution in [2.45, 2.75) is 6.54 Å². The number of piperazine rings is 1. The Hall–Kier alpha value is -3.16. The minimum atomic E-state index is -0.240. The SMILES string of the molecule is O=C(CNC(=O)N1CCN(c2ccccn2)CC1)NCc1ccccn1. The van der Waals surface area contributed by atoms with E-state index in [-0.39, 0.29) is 18.5 Å². The van der Waals surface area contributed by atoms with Gasteiger partial charge in [-0.25, -0.2) is 9.78 Å². The highest BCUT2D eigenvalue weighted by molar-refractivity contribution is 5.84. The van der Waals surface area contributed by atoms with Gasteiger partial charge in [-0.15, -0.1) is 0 Å². The van der Waals surface area contributed by atoms with Crippen LogP contribution in [0.5, 0.6) is 0 Å². The number of carbonyl (C=O) groups is 2. The van der Waals surface area contributed by atoms with Gasteiger partial charge in [0.05, 0.1) is 18.8 Å². The lowest BCUT2D eigenvalue weighted by Gasteiger charge is -2.35. The third kappa shape index (κ3) is 4.92. The second-order valence-corrected chi connectivity index (χ2v) is 5.92. The number of hydrogen-bond acceptors (Lipinski definition) is 5. The average molecular weight is 354 g/mol. The van der Waals surface area contributed by atoms with Crippen LogP contribution in [0, 0.1) is 0 Å². The molecule has 1 aliphatic heterocycles. The molecule has 8 nitrogen and oxygen atoms in total. The number of carbonyl (C=O) groups excluding carboxylic acids is 2. The van der Waals surface area contributed by atoms with E-state index in [1.54, 1.807) is 17.3 Å². The van der Waals surface area contributed by atoms with Gasteiger partial charge in [0.25, 0.3) is 0 Å². The first kappa shape index (κ1) is 17.7. The van der Waals surface area contributed by atoms with Gasteiger partial charge in [-0.05, 0) is 24.3 Å². The molecule has 2 aromatic heterocycles. The molecule has 3 amide bonds. The molecule has 3 heterocycles. The van der Waals surface area contributed by atoms with Gasteiger partial charge in [-0.2, -0.15) is 0 Å². The van der Waals surface area contributed by atoms with Gasteiger partial charge in [-0.1, -0.05) is 12.1 Å². The molecule has 0 aromatic carbocycles. The van der Waals surface area contributed by atoms with E-state index in [1.807, 2.05) is 36.4 Å². The van der Waals surface area contributed by atoms with Crippen molar-refractivity contribution in [3.05, 3.63) is 54.5 Å². The van der Waals surface area contributed by atoms with Gasteiger partial charge in [0.1, 0.15) is 5.82 Å². The summed E-state index contributed by atoms with van der Waals surface area (Å²) in [6.45, 7) is 2.92. The zero-order valence-corrected chi connectivity index (χ0v) is 14.5. The third-order valence-electron chi connectivity index (χ3n) is 4.13. The number of pyridine rings is 2. The van der Waals surface area contributed by atoms with E-state index in [2.05, 4.69) is 25.5 Å². The topological polar surface area (TPSA) is 90.5 Å². The minimum Gasteiger partial charge on any atom is -0.353 e. The number of nitrogens with one attached hydrogen (secondary N) is 2. The Kier molecular flexibility index (Phi) is 5.97. The molecule has 3 rings (SSSR count). The standard InChI is InChI=1S/C18H22N6O2/c25-17(21-13-15-5-1-3-7-19-15)14-22-18(26)24-11-9-23(10-12-24)16-6-2-4-8-20-16/h1-8H,9-14H2,(H,21,25)(H,22,26). The Labute approximate surface area is 152 Å². The van der Waals surface area contributed by atoms with Crippen LogP contribution in [0.4, 0.5) is 10.6 Å². The summed E-state index contributed by atoms with van der Waals surface area (Å²) in [5.41, 5.74) is 0.776. The molecule has 0 unspecified atom stereocenters. The monoisotopic (exact) mass is 354 g/mol. The Balaban J connectivity index is 1.37. The smallest absolute Gasteiger partial charge is 0.317 e. The van der Waals surface area contributed by atoms with Crippen LogP contribution in [0.25, 0.3) is 0 Å². The fraction of sp³-hybridized carbons (Fsp3) is 0.333. The van der Waals surface area contributed by atoms with Crippen molar-refractivity contribution in [1.82, 2.24) is 25.5 Å². The van der Waals surface area contributed by atoms with Crippen LogP contribution in [0.2, 0.25) is 0 Å². The van der Waals surface area contributed by atoms with Crippen LogP contribution >= 0.6 is 0 Å². The number of nitrogens with zero attached hydrogens (tertiary/aromatic N) is 4. The van der Waals surface area contributed by atoms with E-state index >= 15 is 0 Å². The van der Waals surface area contributed by atoms with Crippen molar-refractivity contribution in [1.29, 1.82) is 0 Å². The molecule has 136 valence electrons. The highest BCUT2D eigenvalue weighted by atomic mass is 16.2. The molecule has 8 heteroatoms. The van der Waals surface area contributed by atoms with Crippen molar-refractivity contribution >= 4 is 17.8 Å². The van der Waals surface area contributed by atoms with Gasteiger partial charge < -0.3 is 20.4 Å². The molecule has 1 saturated heterocycles. The van der Waals surface area contributed by atoms with E-state index < -0.39 is 0 Å². The summed E-state index contributed by atoms with van der Waals surface area (Å²) in [6, 6.07) is 11.1. The quantitative estimate of drug-likeness (QED) is 0.822. The summed E-state index contributed by atoms with van der Waals surface area (Å²) in [6.07, 6.45) is 3.44. The molecule has 0 atom stereocenters. The maximum atomic E-state index is 12.2. The lowest BCUT2D eigenvalue weighted by Crippen LogP contribution is -2.53. The summed E-state index contributed by atoms with van der Waals surface area (Å²) in [4.78, 5) is 36.4.